The predicted molar refractivity (Wildman–Crippen MR) is 100 cm³/mol. The van der Waals surface area contributed by atoms with E-state index in [4.69, 9.17) is 9.47 Å². The smallest absolute Gasteiger partial charge is 0.374 e. The minimum Gasteiger partial charge on any atom is -0.460 e. The highest BCUT2D eigenvalue weighted by Crippen LogP contribution is 2.27. The lowest BCUT2D eigenvalue weighted by Gasteiger charge is -2.11. The van der Waals surface area contributed by atoms with Gasteiger partial charge in [-0.15, -0.1) is 11.3 Å². The Morgan fingerprint density at radius 3 is 2.48 bits per heavy atom. The lowest BCUT2D eigenvalue weighted by atomic mass is 10.1. The van der Waals surface area contributed by atoms with Crippen LogP contribution >= 0.6 is 11.3 Å². The van der Waals surface area contributed by atoms with Gasteiger partial charge in [-0.2, -0.15) is 0 Å². The van der Waals surface area contributed by atoms with Crippen LogP contribution in [0.5, 0.6) is 0 Å². The molecule has 2 rings (SSSR count). The largest absolute Gasteiger partial charge is 0.460 e. The van der Waals surface area contributed by atoms with E-state index in [2.05, 4.69) is 0 Å². The Morgan fingerprint density at radius 2 is 1.93 bits per heavy atom. The third-order valence-electron chi connectivity index (χ3n) is 3.51. The molecule has 27 heavy (non-hydrogen) atoms. The first-order valence-corrected chi connectivity index (χ1v) is 9.06. The van der Waals surface area contributed by atoms with Crippen molar-refractivity contribution < 1.29 is 24.0 Å². The number of aryl methyl sites for hydroxylation is 1. The zero-order valence-corrected chi connectivity index (χ0v) is 15.7. The Labute approximate surface area is 160 Å². The summed E-state index contributed by atoms with van der Waals surface area (Å²) in [6.07, 6.45) is 1.28. The van der Waals surface area contributed by atoms with Crippen molar-refractivity contribution >= 4 is 23.3 Å². The number of rotatable bonds is 8. The lowest BCUT2D eigenvalue weighted by molar-refractivity contribution is -0.481. The summed E-state index contributed by atoms with van der Waals surface area (Å²) in [4.78, 5) is 36.8. The van der Waals surface area contributed by atoms with Crippen LogP contribution in [0.4, 0.5) is 0 Å². The quantitative estimate of drug-likeness (QED) is 0.224. The summed E-state index contributed by atoms with van der Waals surface area (Å²) in [6, 6.07) is 11.7. The summed E-state index contributed by atoms with van der Waals surface area (Å²) >= 11 is 1.38. The normalized spacial score (nSPS) is 12.3. The Hall–Kier alpha value is -3.00. The van der Waals surface area contributed by atoms with Gasteiger partial charge in [0.2, 0.25) is 12.3 Å². The van der Waals surface area contributed by atoms with E-state index in [-0.39, 0.29) is 17.9 Å². The van der Waals surface area contributed by atoms with Gasteiger partial charge in [-0.25, -0.2) is 9.59 Å². The third-order valence-corrected chi connectivity index (χ3v) is 4.65. The maximum absolute atomic E-state index is 12.3. The second kappa shape index (κ2) is 9.63. The molecule has 0 fully saturated rings. The third kappa shape index (κ3) is 6.03. The van der Waals surface area contributed by atoms with E-state index < -0.39 is 29.3 Å². The van der Waals surface area contributed by atoms with Gasteiger partial charge >= 0.3 is 11.9 Å². The number of nitrogens with zero attached hydrogens (tertiary/aromatic N) is 1. The lowest BCUT2D eigenvalue weighted by Crippen LogP contribution is -2.18. The molecule has 1 aromatic heterocycles. The molecule has 0 aliphatic rings. The van der Waals surface area contributed by atoms with Gasteiger partial charge < -0.3 is 9.47 Å². The van der Waals surface area contributed by atoms with Gasteiger partial charge in [0.1, 0.15) is 0 Å². The predicted octanol–water partition coefficient (Wildman–Crippen LogP) is 3.72. The summed E-state index contributed by atoms with van der Waals surface area (Å²) in [5.41, 5.74) is 0.255. The van der Waals surface area contributed by atoms with Gasteiger partial charge in [-0.1, -0.05) is 18.2 Å². The monoisotopic (exact) mass is 389 g/mol. The van der Waals surface area contributed by atoms with Crippen molar-refractivity contribution in [1.29, 1.82) is 0 Å². The molecule has 0 radical (unpaired) electrons. The number of carbonyl (C=O) groups excluding carboxylic acids is 2. The van der Waals surface area contributed by atoms with Crippen molar-refractivity contribution in [2.45, 2.75) is 19.8 Å². The highest BCUT2D eigenvalue weighted by Gasteiger charge is 2.24. The summed E-state index contributed by atoms with van der Waals surface area (Å²) in [6.45, 7) is 3.14. The van der Waals surface area contributed by atoms with E-state index >= 15 is 0 Å². The van der Waals surface area contributed by atoms with Crippen molar-refractivity contribution in [1.82, 2.24) is 0 Å². The van der Waals surface area contributed by atoms with E-state index in [0.29, 0.717) is 4.88 Å². The number of carbonyl (C=O) groups is 2. The van der Waals surface area contributed by atoms with E-state index in [1.807, 2.05) is 13.0 Å². The molecule has 1 aromatic carbocycles. The first-order valence-electron chi connectivity index (χ1n) is 8.25. The maximum atomic E-state index is 12.3. The van der Waals surface area contributed by atoms with Crippen molar-refractivity contribution in [3.8, 4) is 0 Å². The van der Waals surface area contributed by atoms with Crippen LogP contribution in [-0.4, -0.2) is 30.0 Å². The highest BCUT2D eigenvalue weighted by molar-refractivity contribution is 7.12. The van der Waals surface area contributed by atoms with Gasteiger partial charge in [0.25, 0.3) is 0 Å². The van der Waals surface area contributed by atoms with Crippen molar-refractivity contribution in [2.75, 3.05) is 13.2 Å². The number of thiophene rings is 1. The Bertz CT molecular complexity index is 843. The molecule has 0 aliphatic carbocycles. The van der Waals surface area contributed by atoms with Crippen molar-refractivity contribution in [3.63, 3.8) is 0 Å². The fourth-order valence-electron chi connectivity index (χ4n) is 2.30. The Kier molecular flexibility index (Phi) is 7.25. The molecule has 0 saturated carbocycles. The molecule has 7 nitrogen and oxygen atoms in total. The fraction of sp³-hybridized carbons (Fsp3) is 0.263. The number of esters is 2. The number of hydrogen-bond acceptors (Lipinski definition) is 7. The number of ether oxygens (including phenoxy) is 2. The van der Waals surface area contributed by atoms with Gasteiger partial charge in [0.15, 0.2) is 0 Å². The molecule has 0 bridgehead atoms. The molecule has 0 saturated heterocycles. The number of hydrogen-bond donors (Lipinski definition) is 0. The molecular formula is C19H19NO6S. The number of benzene rings is 1. The van der Waals surface area contributed by atoms with Crippen molar-refractivity contribution in [2.24, 2.45) is 0 Å². The maximum Gasteiger partial charge on any atom is 0.374 e. The molecule has 0 aliphatic heterocycles. The zero-order valence-electron chi connectivity index (χ0n) is 14.9. The van der Waals surface area contributed by atoms with Crippen LogP contribution in [-0.2, 0) is 14.3 Å². The molecule has 0 unspecified atom stereocenters. The van der Waals surface area contributed by atoms with Crippen LogP contribution in [0.2, 0.25) is 0 Å². The van der Waals surface area contributed by atoms with Gasteiger partial charge in [0, 0.05) is 14.7 Å². The van der Waals surface area contributed by atoms with E-state index in [1.165, 1.54) is 17.4 Å². The minimum atomic E-state index is -0.844. The number of nitro groups is 1. The van der Waals surface area contributed by atoms with Crippen LogP contribution in [0.25, 0.3) is 0 Å². The van der Waals surface area contributed by atoms with Crippen LogP contribution in [0.1, 0.15) is 33.0 Å². The Balaban J connectivity index is 2.35. The van der Waals surface area contributed by atoms with Crippen LogP contribution in [0, 0.1) is 17.0 Å². The van der Waals surface area contributed by atoms with E-state index in [9.17, 15) is 19.7 Å². The molecule has 1 heterocycles. The molecule has 0 N–H and O–H groups in total. The standard InChI is InChI=1S/C19H19NO6S/c1-3-25-19(22)16(26-18(21)14-7-5-4-6-8-14)11-15(12-20(23)24)17-10-9-13(2)27-17/h4-11,15H,3,12H2,1-2H3/b16-11-/t15-/m0/s1. The minimum absolute atomic E-state index is 0.0804. The topological polar surface area (TPSA) is 95.7 Å². The molecule has 2 aromatic rings. The second-order valence-corrected chi connectivity index (χ2v) is 6.90. The SMILES string of the molecule is CCOC(=O)/C(=C/[C@@H](C[N+](=O)[O-])c1ccc(C)s1)OC(=O)c1ccccc1. The van der Waals surface area contributed by atoms with Crippen LogP contribution < -0.4 is 0 Å². The van der Waals surface area contributed by atoms with E-state index in [0.717, 1.165) is 4.88 Å². The van der Waals surface area contributed by atoms with Crippen molar-refractivity contribution in [3.05, 3.63) is 79.7 Å². The fourth-order valence-corrected chi connectivity index (χ4v) is 3.24. The Morgan fingerprint density at radius 1 is 1.22 bits per heavy atom. The second-order valence-electron chi connectivity index (χ2n) is 5.58. The average molecular weight is 389 g/mol. The average Bonchev–Trinajstić information content (AvgIpc) is 3.07. The van der Waals surface area contributed by atoms with Gasteiger partial charge in [-0.3, -0.25) is 10.1 Å². The van der Waals surface area contributed by atoms with Gasteiger partial charge in [-0.05, 0) is 44.2 Å². The molecule has 8 heteroatoms. The highest BCUT2D eigenvalue weighted by atomic mass is 32.1. The first kappa shape index (κ1) is 20.3. The molecular weight excluding hydrogens is 370 g/mol. The molecule has 0 amide bonds. The summed E-state index contributed by atoms with van der Waals surface area (Å²) in [5.74, 6) is -2.66. The first-order chi connectivity index (χ1) is 12.9. The molecule has 1 atom stereocenters. The molecule has 0 spiro atoms. The summed E-state index contributed by atoms with van der Waals surface area (Å²) < 4.78 is 10.2. The van der Waals surface area contributed by atoms with E-state index in [1.54, 1.807) is 43.3 Å². The zero-order chi connectivity index (χ0) is 19.8. The van der Waals surface area contributed by atoms with Crippen LogP contribution in [0.15, 0.2) is 54.3 Å². The van der Waals surface area contributed by atoms with Gasteiger partial charge in [0.05, 0.1) is 18.1 Å². The summed E-state index contributed by atoms with van der Waals surface area (Å²) in [5, 5.41) is 11.1. The van der Waals surface area contributed by atoms with Crippen LogP contribution in [0.3, 0.4) is 0 Å². The summed E-state index contributed by atoms with van der Waals surface area (Å²) in [7, 11) is 0. The molecule has 142 valence electrons.